The van der Waals surface area contributed by atoms with E-state index in [1.807, 2.05) is 12.1 Å². The number of phenolic OH excluding ortho intramolecular Hbond substituents is 1. The molecule has 3 aliphatic rings. The summed E-state index contributed by atoms with van der Waals surface area (Å²) in [6.45, 7) is 8.80. The van der Waals surface area contributed by atoms with Crippen LogP contribution in [-0.2, 0) is 12.0 Å². The Hall–Kier alpha value is -1.55. The number of fused-ring (bicyclic) bond motifs is 2. The number of rotatable bonds is 6. The van der Waals surface area contributed by atoms with Crippen LogP contribution in [0.1, 0.15) is 38.3 Å². The van der Waals surface area contributed by atoms with E-state index < -0.39 is 5.60 Å². The van der Waals surface area contributed by atoms with Gasteiger partial charge in [0.25, 0.3) is 0 Å². The maximum atomic E-state index is 12.1. The Morgan fingerprint density at radius 1 is 1.03 bits per heavy atom. The van der Waals surface area contributed by atoms with Crippen molar-refractivity contribution in [1.82, 2.24) is 4.90 Å². The Morgan fingerprint density at radius 3 is 2.37 bits per heavy atom. The molecule has 0 aliphatic heterocycles. The van der Waals surface area contributed by atoms with Crippen molar-refractivity contribution >= 4 is 12.4 Å². The van der Waals surface area contributed by atoms with E-state index >= 15 is 0 Å². The molecule has 2 aromatic carbocycles. The smallest absolute Gasteiger partial charge is 0.115 e. The highest BCUT2D eigenvalue weighted by Gasteiger charge is 2.66. The second-order valence-electron chi connectivity index (χ2n) is 10.0. The lowest BCUT2D eigenvalue weighted by Crippen LogP contribution is -2.67. The third-order valence-corrected chi connectivity index (χ3v) is 8.21. The Labute approximate surface area is 187 Å². The number of benzene rings is 2. The zero-order valence-electron chi connectivity index (χ0n) is 18.6. The molecule has 4 heteroatoms. The molecule has 2 aromatic rings. The van der Waals surface area contributed by atoms with E-state index in [9.17, 15) is 10.2 Å². The number of hydrogen-bond acceptors (Lipinski definition) is 3. The minimum absolute atomic E-state index is 0. The van der Waals surface area contributed by atoms with Crippen molar-refractivity contribution in [3.8, 4) is 5.75 Å². The second kappa shape index (κ2) is 8.53. The summed E-state index contributed by atoms with van der Waals surface area (Å²) in [6.07, 6.45) is 2.22. The van der Waals surface area contributed by atoms with Crippen molar-refractivity contribution in [2.24, 2.45) is 29.1 Å². The molecule has 3 nitrogen and oxygen atoms in total. The van der Waals surface area contributed by atoms with Gasteiger partial charge in [0.05, 0.1) is 5.60 Å². The van der Waals surface area contributed by atoms with Crippen molar-refractivity contribution < 1.29 is 10.2 Å². The van der Waals surface area contributed by atoms with Gasteiger partial charge in [-0.05, 0) is 66.3 Å². The standard InChI is InChI=1S/C26H35NO2.ClH/c1-18-22-16-23(25(22,2)3)24(26(18,29)20-11-8-12-21(28)15-20)17-27(4)14-13-19-9-6-5-7-10-19;/h5-12,15,18,22-24,28-29H,13-14,16-17H2,1-4H3;1H/t18-,22-,23+,24-,26-;/m1./s1. The molecule has 3 fully saturated rings. The van der Waals surface area contributed by atoms with E-state index in [4.69, 9.17) is 0 Å². The van der Waals surface area contributed by atoms with Gasteiger partial charge in [0, 0.05) is 19.0 Å². The average Bonchev–Trinajstić information content (AvgIpc) is 2.70. The van der Waals surface area contributed by atoms with Gasteiger partial charge < -0.3 is 15.1 Å². The van der Waals surface area contributed by atoms with Gasteiger partial charge in [-0.1, -0.05) is 63.2 Å². The van der Waals surface area contributed by atoms with Gasteiger partial charge in [-0.2, -0.15) is 0 Å². The van der Waals surface area contributed by atoms with Crippen LogP contribution in [0.2, 0.25) is 0 Å². The van der Waals surface area contributed by atoms with Crippen LogP contribution in [0, 0.1) is 29.1 Å². The fourth-order valence-electron chi connectivity index (χ4n) is 6.37. The van der Waals surface area contributed by atoms with Crippen LogP contribution in [0.3, 0.4) is 0 Å². The molecule has 5 atom stereocenters. The molecule has 0 heterocycles. The van der Waals surface area contributed by atoms with Gasteiger partial charge in [-0.25, -0.2) is 0 Å². The summed E-state index contributed by atoms with van der Waals surface area (Å²) < 4.78 is 0. The normalized spacial score (nSPS) is 31.7. The summed E-state index contributed by atoms with van der Waals surface area (Å²) in [5.41, 5.74) is 1.58. The highest BCUT2D eigenvalue weighted by molar-refractivity contribution is 5.85. The Bertz CT molecular complexity index is 855. The number of phenols is 1. The molecule has 30 heavy (non-hydrogen) atoms. The van der Waals surface area contributed by atoms with E-state index in [1.54, 1.807) is 12.1 Å². The van der Waals surface area contributed by atoms with E-state index in [-0.39, 0.29) is 35.4 Å². The topological polar surface area (TPSA) is 43.7 Å². The number of likely N-dealkylation sites (N-methyl/N-ethyl adjacent to an activating group) is 1. The molecule has 0 spiro atoms. The van der Waals surface area contributed by atoms with E-state index in [0.29, 0.717) is 11.8 Å². The first-order chi connectivity index (χ1) is 13.7. The Morgan fingerprint density at radius 2 is 1.73 bits per heavy atom. The van der Waals surface area contributed by atoms with Crippen LogP contribution >= 0.6 is 12.4 Å². The first-order valence-electron chi connectivity index (χ1n) is 11.0. The maximum absolute atomic E-state index is 12.1. The Balaban J connectivity index is 0.00000256. The molecule has 0 radical (unpaired) electrons. The fraction of sp³-hybridized carbons (Fsp3) is 0.538. The first kappa shape index (κ1) is 23.1. The summed E-state index contributed by atoms with van der Waals surface area (Å²) in [4.78, 5) is 2.38. The first-order valence-corrected chi connectivity index (χ1v) is 11.0. The molecular formula is C26H36ClNO2. The van der Waals surface area contributed by atoms with E-state index in [0.717, 1.165) is 25.1 Å². The number of aliphatic hydroxyl groups is 1. The predicted molar refractivity (Wildman–Crippen MR) is 125 cm³/mol. The van der Waals surface area contributed by atoms with Crippen LogP contribution in [0.15, 0.2) is 54.6 Å². The predicted octanol–water partition coefficient (Wildman–Crippen LogP) is 5.10. The van der Waals surface area contributed by atoms with Crippen LogP contribution in [0.4, 0.5) is 0 Å². The Kier molecular flexibility index (Phi) is 6.57. The van der Waals surface area contributed by atoms with Crippen molar-refractivity contribution in [3.05, 3.63) is 65.7 Å². The van der Waals surface area contributed by atoms with Crippen LogP contribution in [0.25, 0.3) is 0 Å². The lowest BCUT2D eigenvalue weighted by Gasteiger charge is -2.68. The summed E-state index contributed by atoms with van der Waals surface area (Å²) in [5, 5.41) is 22.2. The summed E-state index contributed by atoms with van der Waals surface area (Å²) in [6, 6.07) is 17.9. The van der Waals surface area contributed by atoms with Gasteiger partial charge in [-0.3, -0.25) is 0 Å². The maximum Gasteiger partial charge on any atom is 0.115 e. The largest absolute Gasteiger partial charge is 0.508 e. The zero-order chi connectivity index (χ0) is 20.8. The molecule has 2 bridgehead atoms. The molecule has 164 valence electrons. The number of aromatic hydroxyl groups is 1. The molecular weight excluding hydrogens is 394 g/mol. The SMILES string of the molecule is C[C@@H]1[C@H]2C[C@@H]([C@@H](CN(C)CCc3ccccc3)[C@]1(O)c1cccc(O)c1)C2(C)C.Cl. The van der Waals surface area contributed by atoms with Gasteiger partial charge in [0.1, 0.15) is 5.75 Å². The molecule has 0 unspecified atom stereocenters. The number of halogens is 1. The number of hydrogen-bond donors (Lipinski definition) is 2. The summed E-state index contributed by atoms with van der Waals surface area (Å²) >= 11 is 0. The zero-order valence-corrected chi connectivity index (χ0v) is 19.4. The van der Waals surface area contributed by atoms with Crippen LogP contribution in [0.5, 0.6) is 5.75 Å². The third-order valence-electron chi connectivity index (χ3n) is 8.21. The van der Waals surface area contributed by atoms with Crippen molar-refractivity contribution in [3.63, 3.8) is 0 Å². The molecule has 0 amide bonds. The van der Waals surface area contributed by atoms with Crippen LogP contribution < -0.4 is 0 Å². The quantitative estimate of drug-likeness (QED) is 0.671. The molecule has 2 N–H and O–H groups in total. The minimum Gasteiger partial charge on any atom is -0.508 e. The molecule has 0 saturated heterocycles. The van der Waals surface area contributed by atoms with Crippen molar-refractivity contribution in [2.45, 2.75) is 39.2 Å². The minimum atomic E-state index is -0.900. The van der Waals surface area contributed by atoms with Crippen molar-refractivity contribution in [1.29, 1.82) is 0 Å². The fourth-order valence-corrected chi connectivity index (χ4v) is 6.37. The second-order valence-corrected chi connectivity index (χ2v) is 10.0. The van der Waals surface area contributed by atoms with E-state index in [2.05, 4.69) is 63.1 Å². The average molecular weight is 430 g/mol. The van der Waals surface area contributed by atoms with Gasteiger partial charge in [0.15, 0.2) is 0 Å². The van der Waals surface area contributed by atoms with E-state index in [1.165, 1.54) is 12.0 Å². The van der Waals surface area contributed by atoms with Gasteiger partial charge in [0.2, 0.25) is 0 Å². The third kappa shape index (κ3) is 3.77. The molecule has 3 aliphatic carbocycles. The highest BCUT2D eigenvalue weighted by Crippen LogP contribution is 2.68. The summed E-state index contributed by atoms with van der Waals surface area (Å²) in [7, 11) is 2.17. The lowest BCUT2D eigenvalue weighted by atomic mass is 9.38. The highest BCUT2D eigenvalue weighted by atomic mass is 35.5. The number of nitrogens with zero attached hydrogens (tertiary/aromatic N) is 1. The molecule has 5 rings (SSSR count). The van der Waals surface area contributed by atoms with Crippen molar-refractivity contribution in [2.75, 3.05) is 20.1 Å². The van der Waals surface area contributed by atoms with Crippen LogP contribution in [-0.4, -0.2) is 35.3 Å². The molecule has 3 saturated carbocycles. The molecule has 0 aromatic heterocycles. The monoisotopic (exact) mass is 429 g/mol. The van der Waals surface area contributed by atoms with Gasteiger partial charge in [-0.15, -0.1) is 12.4 Å². The lowest BCUT2D eigenvalue weighted by molar-refractivity contribution is -0.257. The summed E-state index contributed by atoms with van der Waals surface area (Å²) in [5.74, 6) is 1.57. The van der Waals surface area contributed by atoms with Gasteiger partial charge >= 0.3 is 0 Å².